The number of nitro benzene ring substituents is 1. The summed E-state index contributed by atoms with van der Waals surface area (Å²) in [7, 11) is 0. The van der Waals surface area contributed by atoms with Crippen LogP contribution >= 0.6 is 11.8 Å². The van der Waals surface area contributed by atoms with Crippen molar-refractivity contribution in [2.24, 2.45) is 0 Å². The van der Waals surface area contributed by atoms with Crippen LogP contribution in [0, 0.1) is 15.9 Å². The fourth-order valence-electron chi connectivity index (χ4n) is 1.36. The maximum absolute atomic E-state index is 13.7. The van der Waals surface area contributed by atoms with Crippen LogP contribution < -0.4 is 0 Å². The zero-order chi connectivity index (χ0) is 13.7. The number of hydrogen-bond acceptors (Lipinski definition) is 4. The fraction of sp³-hybridized carbons (Fsp3) is 0.364. The molecule has 1 aromatic carbocycles. The smallest absolute Gasteiger partial charge is 0.305 e. The molecule has 1 N–H and O–H groups in total. The molecule has 7 heteroatoms. The normalized spacial score (nSPS) is 12.1. The second-order valence-corrected chi connectivity index (χ2v) is 5.15. The summed E-state index contributed by atoms with van der Waals surface area (Å²) in [6.45, 7) is 1.72. The summed E-state index contributed by atoms with van der Waals surface area (Å²) < 4.78 is 13.7. The molecule has 0 aliphatic heterocycles. The van der Waals surface area contributed by atoms with Gasteiger partial charge >= 0.3 is 11.7 Å². The molecule has 0 amide bonds. The van der Waals surface area contributed by atoms with E-state index in [4.69, 9.17) is 5.11 Å². The quantitative estimate of drug-likeness (QED) is 0.636. The van der Waals surface area contributed by atoms with Crippen LogP contribution in [0.15, 0.2) is 18.2 Å². The first-order valence-electron chi connectivity index (χ1n) is 5.17. The van der Waals surface area contributed by atoms with Crippen molar-refractivity contribution in [3.8, 4) is 0 Å². The van der Waals surface area contributed by atoms with Crippen molar-refractivity contribution in [2.45, 2.75) is 24.3 Å². The van der Waals surface area contributed by atoms with Gasteiger partial charge in [0, 0.05) is 22.6 Å². The number of carboxylic acids is 1. The van der Waals surface area contributed by atoms with E-state index in [1.807, 2.05) is 0 Å². The standard InChI is InChI=1S/C11H12FNO4S/c1-7(5-10(14)15)18-6-8-3-2-4-9(11(8)12)13(16)17/h2-4,7H,5-6H2,1H3,(H,14,15). The number of nitro groups is 1. The van der Waals surface area contributed by atoms with Crippen LogP contribution in [0.25, 0.3) is 0 Å². The lowest BCUT2D eigenvalue weighted by atomic mass is 10.2. The average Bonchev–Trinajstić information content (AvgIpc) is 2.26. The summed E-state index contributed by atoms with van der Waals surface area (Å²) in [4.78, 5) is 20.2. The van der Waals surface area contributed by atoms with E-state index < -0.39 is 22.4 Å². The van der Waals surface area contributed by atoms with Gasteiger partial charge in [-0.1, -0.05) is 19.1 Å². The number of hydrogen-bond donors (Lipinski definition) is 1. The van der Waals surface area contributed by atoms with E-state index in [-0.39, 0.29) is 23.0 Å². The Labute approximate surface area is 107 Å². The highest BCUT2D eigenvalue weighted by Crippen LogP contribution is 2.26. The Morgan fingerprint density at radius 3 is 2.83 bits per heavy atom. The Morgan fingerprint density at radius 1 is 1.61 bits per heavy atom. The Hall–Kier alpha value is -1.63. The van der Waals surface area contributed by atoms with E-state index in [0.29, 0.717) is 0 Å². The number of aliphatic carboxylic acids is 1. The first-order chi connectivity index (χ1) is 8.41. The van der Waals surface area contributed by atoms with Crippen molar-refractivity contribution < 1.29 is 19.2 Å². The van der Waals surface area contributed by atoms with Gasteiger partial charge in [0.2, 0.25) is 5.82 Å². The maximum Gasteiger partial charge on any atom is 0.305 e. The molecule has 0 radical (unpaired) electrons. The molecule has 0 saturated carbocycles. The number of rotatable bonds is 6. The van der Waals surface area contributed by atoms with Gasteiger partial charge in [-0.05, 0) is 0 Å². The topological polar surface area (TPSA) is 80.4 Å². The first-order valence-corrected chi connectivity index (χ1v) is 6.22. The molecule has 0 fully saturated rings. The maximum atomic E-state index is 13.7. The summed E-state index contributed by atoms with van der Waals surface area (Å²) in [6, 6.07) is 3.98. The molecule has 1 unspecified atom stereocenters. The summed E-state index contributed by atoms with van der Waals surface area (Å²) in [6.07, 6.45) is -0.0266. The number of benzene rings is 1. The molecule has 98 valence electrons. The molecule has 0 aliphatic rings. The van der Waals surface area contributed by atoms with Crippen molar-refractivity contribution >= 4 is 23.4 Å². The lowest BCUT2D eigenvalue weighted by Crippen LogP contribution is -2.06. The van der Waals surface area contributed by atoms with Gasteiger partial charge in [0.1, 0.15) is 0 Å². The van der Waals surface area contributed by atoms with Crippen LogP contribution in [0.2, 0.25) is 0 Å². The zero-order valence-corrected chi connectivity index (χ0v) is 10.4. The minimum Gasteiger partial charge on any atom is -0.481 e. The molecule has 1 aromatic rings. The van der Waals surface area contributed by atoms with Gasteiger partial charge in [0.05, 0.1) is 11.3 Å². The van der Waals surface area contributed by atoms with Crippen molar-refractivity contribution in [1.29, 1.82) is 0 Å². The van der Waals surface area contributed by atoms with Crippen LogP contribution in [0.1, 0.15) is 18.9 Å². The highest BCUT2D eigenvalue weighted by molar-refractivity contribution is 7.99. The molecule has 1 rings (SSSR count). The number of halogens is 1. The highest BCUT2D eigenvalue weighted by atomic mass is 32.2. The van der Waals surface area contributed by atoms with Gasteiger partial charge in [-0.25, -0.2) is 0 Å². The van der Waals surface area contributed by atoms with Crippen LogP contribution in [0.3, 0.4) is 0 Å². The Balaban J connectivity index is 2.71. The lowest BCUT2D eigenvalue weighted by molar-refractivity contribution is -0.387. The Morgan fingerprint density at radius 2 is 2.28 bits per heavy atom. The van der Waals surface area contributed by atoms with Gasteiger partial charge in [-0.15, -0.1) is 0 Å². The van der Waals surface area contributed by atoms with Gasteiger partial charge in [-0.3, -0.25) is 14.9 Å². The van der Waals surface area contributed by atoms with Gasteiger partial charge in [-0.2, -0.15) is 16.2 Å². The molecule has 0 heterocycles. The number of carboxylic acid groups (broad SMARTS) is 1. The second kappa shape index (κ2) is 6.34. The molecule has 5 nitrogen and oxygen atoms in total. The monoisotopic (exact) mass is 273 g/mol. The van der Waals surface area contributed by atoms with E-state index in [1.54, 1.807) is 6.92 Å². The molecule has 0 saturated heterocycles. The first kappa shape index (κ1) is 14.4. The molecular formula is C11H12FNO4S. The summed E-state index contributed by atoms with van der Waals surface area (Å²) in [5.41, 5.74) is -0.342. The number of carbonyl (C=O) groups is 1. The highest BCUT2D eigenvalue weighted by Gasteiger charge is 2.18. The second-order valence-electron chi connectivity index (χ2n) is 3.73. The van der Waals surface area contributed by atoms with Crippen molar-refractivity contribution in [3.05, 3.63) is 39.7 Å². The van der Waals surface area contributed by atoms with Gasteiger partial charge in [0.25, 0.3) is 0 Å². The third-order valence-electron chi connectivity index (χ3n) is 2.24. The SMILES string of the molecule is CC(CC(=O)O)SCc1cccc([N+](=O)[O-])c1F. The summed E-state index contributed by atoms with van der Waals surface area (Å²) in [5, 5.41) is 18.9. The van der Waals surface area contributed by atoms with E-state index in [0.717, 1.165) is 6.07 Å². The fourth-order valence-corrected chi connectivity index (χ4v) is 2.30. The number of thioether (sulfide) groups is 1. The molecule has 0 aliphatic carbocycles. The minimum atomic E-state index is -0.922. The van der Waals surface area contributed by atoms with E-state index in [9.17, 15) is 19.3 Å². The van der Waals surface area contributed by atoms with Crippen molar-refractivity contribution in [2.75, 3.05) is 0 Å². The third-order valence-corrected chi connectivity index (χ3v) is 3.45. The summed E-state index contributed by atoms with van der Waals surface area (Å²) in [5.74, 6) is -1.56. The largest absolute Gasteiger partial charge is 0.481 e. The molecule has 18 heavy (non-hydrogen) atoms. The predicted octanol–water partition coefficient (Wildman–Crippen LogP) is 2.83. The Kier molecular flexibility index (Phi) is 5.08. The lowest BCUT2D eigenvalue weighted by Gasteiger charge is -2.08. The average molecular weight is 273 g/mol. The molecule has 0 aromatic heterocycles. The van der Waals surface area contributed by atoms with Gasteiger partial charge < -0.3 is 5.11 Å². The molecular weight excluding hydrogens is 261 g/mol. The van der Waals surface area contributed by atoms with Crippen molar-refractivity contribution in [3.63, 3.8) is 0 Å². The minimum absolute atomic E-state index is 0.0266. The third kappa shape index (κ3) is 3.99. The zero-order valence-electron chi connectivity index (χ0n) is 9.63. The van der Waals surface area contributed by atoms with Crippen molar-refractivity contribution in [1.82, 2.24) is 0 Å². The van der Waals surface area contributed by atoms with Crippen LogP contribution in [0.4, 0.5) is 10.1 Å². The summed E-state index contributed by atoms with van der Waals surface area (Å²) >= 11 is 1.25. The Bertz CT molecular complexity index is 466. The van der Waals surface area contributed by atoms with E-state index in [1.165, 1.54) is 23.9 Å². The van der Waals surface area contributed by atoms with Crippen LogP contribution in [0.5, 0.6) is 0 Å². The molecule has 0 spiro atoms. The van der Waals surface area contributed by atoms with Gasteiger partial charge in [0.15, 0.2) is 0 Å². The van der Waals surface area contributed by atoms with E-state index in [2.05, 4.69) is 0 Å². The molecule has 0 bridgehead atoms. The van der Waals surface area contributed by atoms with E-state index >= 15 is 0 Å². The predicted molar refractivity (Wildman–Crippen MR) is 66.1 cm³/mol. The molecule has 1 atom stereocenters. The van der Waals surface area contributed by atoms with Crippen LogP contribution in [-0.2, 0) is 10.5 Å². The number of nitrogens with zero attached hydrogens (tertiary/aromatic N) is 1. The van der Waals surface area contributed by atoms with Crippen LogP contribution in [-0.4, -0.2) is 21.2 Å².